The van der Waals surface area contributed by atoms with Crippen LogP contribution < -0.4 is 0 Å². The standard InChI is InChI=1S/C15H24N2O3S/c1-11(2)9-21-10-12-16-13(20-17-12)8-15(14(18)19)6-4-3-5-7-15/h11H,3-10H2,1-2H3,(H,18,19). The molecule has 0 radical (unpaired) electrons. The first-order chi connectivity index (χ1) is 10.0. The van der Waals surface area contributed by atoms with Crippen LogP contribution in [0.15, 0.2) is 4.52 Å². The summed E-state index contributed by atoms with van der Waals surface area (Å²) < 4.78 is 5.26. The molecule has 1 aromatic heterocycles. The zero-order chi connectivity index (χ0) is 15.3. The van der Waals surface area contributed by atoms with E-state index < -0.39 is 11.4 Å². The Bertz CT molecular complexity index is 467. The van der Waals surface area contributed by atoms with Crippen LogP contribution in [-0.2, 0) is 17.0 Å². The maximum atomic E-state index is 11.6. The van der Waals surface area contributed by atoms with Gasteiger partial charge in [-0.3, -0.25) is 4.79 Å². The first-order valence-electron chi connectivity index (χ1n) is 7.64. The molecule has 5 nitrogen and oxygen atoms in total. The monoisotopic (exact) mass is 312 g/mol. The largest absolute Gasteiger partial charge is 0.481 e. The van der Waals surface area contributed by atoms with Gasteiger partial charge in [0.2, 0.25) is 5.89 Å². The van der Waals surface area contributed by atoms with Gasteiger partial charge in [0.25, 0.3) is 0 Å². The third-order valence-corrected chi connectivity index (χ3v) is 5.31. The SMILES string of the molecule is CC(C)CSCc1noc(CC2(C(=O)O)CCCCC2)n1. The van der Waals surface area contributed by atoms with E-state index >= 15 is 0 Å². The molecule has 0 aliphatic heterocycles. The topological polar surface area (TPSA) is 76.2 Å². The van der Waals surface area contributed by atoms with Crippen molar-refractivity contribution in [2.24, 2.45) is 11.3 Å². The van der Waals surface area contributed by atoms with Crippen molar-refractivity contribution in [3.63, 3.8) is 0 Å². The maximum Gasteiger partial charge on any atom is 0.310 e. The van der Waals surface area contributed by atoms with E-state index in [0.717, 1.165) is 30.8 Å². The predicted molar refractivity (Wildman–Crippen MR) is 82.2 cm³/mol. The number of rotatable bonds is 7. The molecule has 1 N–H and O–H groups in total. The highest BCUT2D eigenvalue weighted by molar-refractivity contribution is 7.98. The molecule has 0 amide bonds. The van der Waals surface area contributed by atoms with Gasteiger partial charge in [-0.05, 0) is 24.5 Å². The minimum atomic E-state index is -0.726. The summed E-state index contributed by atoms with van der Waals surface area (Å²) in [5.74, 6) is 2.84. The van der Waals surface area contributed by atoms with Crippen molar-refractivity contribution in [1.29, 1.82) is 0 Å². The van der Waals surface area contributed by atoms with Crippen molar-refractivity contribution in [3.8, 4) is 0 Å². The predicted octanol–water partition coefficient (Wildman–Crippen LogP) is 3.54. The van der Waals surface area contributed by atoms with E-state index in [1.54, 1.807) is 11.8 Å². The Hall–Kier alpha value is -1.04. The Balaban J connectivity index is 1.95. The van der Waals surface area contributed by atoms with Crippen molar-refractivity contribution in [2.45, 2.75) is 58.1 Å². The number of carboxylic acids is 1. The molecule has 1 aliphatic carbocycles. The first kappa shape index (κ1) is 16.3. The quantitative estimate of drug-likeness (QED) is 0.830. The van der Waals surface area contributed by atoms with Gasteiger partial charge in [-0.15, -0.1) is 0 Å². The number of aromatic nitrogens is 2. The van der Waals surface area contributed by atoms with Crippen molar-refractivity contribution in [3.05, 3.63) is 11.7 Å². The molecule has 0 atom stereocenters. The van der Waals surface area contributed by atoms with Gasteiger partial charge in [0.15, 0.2) is 5.82 Å². The molecule has 1 fully saturated rings. The van der Waals surface area contributed by atoms with Gasteiger partial charge in [0, 0.05) is 6.42 Å². The fraction of sp³-hybridized carbons (Fsp3) is 0.800. The molecule has 0 aromatic carbocycles. The molecule has 0 spiro atoms. The summed E-state index contributed by atoms with van der Waals surface area (Å²) in [6, 6.07) is 0. The lowest BCUT2D eigenvalue weighted by atomic mass is 9.72. The zero-order valence-electron chi connectivity index (χ0n) is 12.8. The van der Waals surface area contributed by atoms with Crippen molar-refractivity contribution in [1.82, 2.24) is 10.1 Å². The Morgan fingerprint density at radius 2 is 2.10 bits per heavy atom. The molecule has 6 heteroatoms. The lowest BCUT2D eigenvalue weighted by molar-refractivity contribution is -0.151. The Morgan fingerprint density at radius 3 is 2.71 bits per heavy atom. The Morgan fingerprint density at radius 1 is 1.38 bits per heavy atom. The Labute approximate surface area is 129 Å². The second-order valence-electron chi connectivity index (χ2n) is 6.34. The number of hydrogen-bond acceptors (Lipinski definition) is 5. The van der Waals surface area contributed by atoms with E-state index in [1.165, 1.54) is 0 Å². The van der Waals surface area contributed by atoms with E-state index in [9.17, 15) is 9.90 Å². The number of carbonyl (C=O) groups is 1. The molecule has 2 rings (SSSR count). The zero-order valence-corrected chi connectivity index (χ0v) is 13.6. The number of aliphatic carboxylic acids is 1. The van der Waals surface area contributed by atoms with Gasteiger partial charge in [0.1, 0.15) is 0 Å². The maximum absolute atomic E-state index is 11.6. The van der Waals surface area contributed by atoms with E-state index in [1.807, 2.05) is 0 Å². The summed E-state index contributed by atoms with van der Waals surface area (Å²) in [4.78, 5) is 16.0. The average molecular weight is 312 g/mol. The van der Waals surface area contributed by atoms with Gasteiger partial charge < -0.3 is 9.63 Å². The molecular weight excluding hydrogens is 288 g/mol. The van der Waals surface area contributed by atoms with Crippen LogP contribution in [0.1, 0.15) is 57.7 Å². The fourth-order valence-corrected chi connectivity index (χ4v) is 3.68. The van der Waals surface area contributed by atoms with Crippen LogP contribution in [0.5, 0.6) is 0 Å². The molecule has 0 bridgehead atoms. The van der Waals surface area contributed by atoms with Crippen LogP contribution in [0, 0.1) is 11.3 Å². The average Bonchev–Trinajstić information content (AvgIpc) is 2.86. The fourth-order valence-electron chi connectivity index (χ4n) is 2.79. The summed E-state index contributed by atoms with van der Waals surface area (Å²) in [5, 5.41) is 13.5. The van der Waals surface area contributed by atoms with Crippen LogP contribution >= 0.6 is 11.8 Å². The minimum absolute atomic E-state index is 0.365. The smallest absolute Gasteiger partial charge is 0.310 e. The van der Waals surface area contributed by atoms with Crippen LogP contribution in [0.25, 0.3) is 0 Å². The molecule has 1 saturated carbocycles. The van der Waals surface area contributed by atoms with Gasteiger partial charge in [0.05, 0.1) is 11.2 Å². The van der Waals surface area contributed by atoms with Crippen molar-refractivity contribution in [2.75, 3.05) is 5.75 Å². The van der Waals surface area contributed by atoms with Crippen LogP contribution in [0.3, 0.4) is 0 Å². The van der Waals surface area contributed by atoms with Crippen LogP contribution in [-0.4, -0.2) is 27.0 Å². The van der Waals surface area contributed by atoms with Gasteiger partial charge >= 0.3 is 5.97 Å². The lowest BCUT2D eigenvalue weighted by Gasteiger charge is -2.31. The second kappa shape index (κ2) is 7.29. The minimum Gasteiger partial charge on any atom is -0.481 e. The summed E-state index contributed by atoms with van der Waals surface area (Å²) >= 11 is 1.78. The van der Waals surface area contributed by atoms with E-state index in [0.29, 0.717) is 36.9 Å². The van der Waals surface area contributed by atoms with Gasteiger partial charge in [-0.2, -0.15) is 16.7 Å². The highest BCUT2D eigenvalue weighted by Gasteiger charge is 2.41. The number of nitrogens with zero attached hydrogens (tertiary/aromatic N) is 2. The normalized spacial score (nSPS) is 18.0. The Kier molecular flexibility index (Phi) is 5.67. The second-order valence-corrected chi connectivity index (χ2v) is 7.37. The molecule has 118 valence electrons. The number of hydrogen-bond donors (Lipinski definition) is 1. The van der Waals surface area contributed by atoms with Crippen molar-refractivity contribution < 1.29 is 14.4 Å². The molecule has 21 heavy (non-hydrogen) atoms. The van der Waals surface area contributed by atoms with E-state index in [4.69, 9.17) is 4.52 Å². The first-order valence-corrected chi connectivity index (χ1v) is 8.80. The van der Waals surface area contributed by atoms with Crippen LogP contribution in [0.4, 0.5) is 0 Å². The third kappa shape index (κ3) is 4.46. The summed E-state index contributed by atoms with van der Waals surface area (Å²) in [7, 11) is 0. The summed E-state index contributed by atoms with van der Waals surface area (Å²) in [5.41, 5.74) is -0.701. The molecule has 0 saturated heterocycles. The van der Waals surface area contributed by atoms with Crippen molar-refractivity contribution >= 4 is 17.7 Å². The molecule has 0 unspecified atom stereocenters. The molecule has 1 aliphatic rings. The highest BCUT2D eigenvalue weighted by Crippen LogP contribution is 2.39. The summed E-state index contributed by atoms with van der Waals surface area (Å²) in [6.07, 6.45) is 4.85. The van der Waals surface area contributed by atoms with E-state index in [2.05, 4.69) is 24.0 Å². The van der Waals surface area contributed by atoms with Crippen LogP contribution in [0.2, 0.25) is 0 Å². The van der Waals surface area contributed by atoms with Gasteiger partial charge in [-0.25, -0.2) is 0 Å². The molecule has 1 heterocycles. The lowest BCUT2D eigenvalue weighted by Crippen LogP contribution is -2.35. The number of carboxylic acid groups (broad SMARTS) is 1. The third-order valence-electron chi connectivity index (χ3n) is 3.95. The molecular formula is C15H24N2O3S. The van der Waals surface area contributed by atoms with Gasteiger partial charge in [-0.1, -0.05) is 38.3 Å². The highest BCUT2D eigenvalue weighted by atomic mass is 32.2. The number of thioether (sulfide) groups is 1. The summed E-state index contributed by atoms with van der Waals surface area (Å²) in [6.45, 7) is 4.35. The molecule has 1 aromatic rings. The van der Waals surface area contributed by atoms with E-state index in [-0.39, 0.29) is 0 Å².